The van der Waals surface area contributed by atoms with Gasteiger partial charge in [-0.2, -0.15) is 14.9 Å². The highest BCUT2D eigenvalue weighted by Gasteiger charge is 2.21. The first-order valence-corrected chi connectivity index (χ1v) is 7.40. The summed E-state index contributed by atoms with van der Waals surface area (Å²) in [5.74, 6) is 0. The maximum absolute atomic E-state index is 12.4. The third-order valence-electron chi connectivity index (χ3n) is 2.75. The highest BCUT2D eigenvalue weighted by molar-refractivity contribution is 7.71. The van der Waals surface area contributed by atoms with Crippen molar-refractivity contribution in [3.05, 3.63) is 42.7 Å². The maximum Gasteiger partial charge on any atom is 0.297 e. The lowest BCUT2D eigenvalue weighted by Crippen LogP contribution is -2.32. The fourth-order valence-corrected chi connectivity index (χ4v) is 2.57. The molecule has 106 valence electrons. The quantitative estimate of drug-likeness (QED) is 0.685. The van der Waals surface area contributed by atoms with E-state index in [1.807, 2.05) is 39.1 Å². The number of nitrogens with zero attached hydrogens (tertiary/aromatic N) is 3. The molecule has 0 aliphatic rings. The molecule has 0 fully saturated rings. The number of aromatic amines is 1. The lowest BCUT2D eigenvalue weighted by atomic mass is 9.93. The number of thiophene rings is 1. The van der Waals surface area contributed by atoms with Gasteiger partial charge in [0.05, 0.1) is 11.1 Å². The van der Waals surface area contributed by atoms with Crippen LogP contribution in [0.1, 0.15) is 36.9 Å². The lowest BCUT2D eigenvalue weighted by Gasteiger charge is -2.16. The van der Waals surface area contributed by atoms with Gasteiger partial charge in [0.15, 0.2) is 0 Å². The lowest BCUT2D eigenvalue weighted by molar-refractivity contribution is 0.529. The molecular weight excluding hydrogens is 292 g/mol. The normalized spacial score (nSPS) is 12.2. The highest BCUT2D eigenvalue weighted by Crippen LogP contribution is 2.15. The second-order valence-corrected chi connectivity index (χ2v) is 6.79. The van der Waals surface area contributed by atoms with Crippen molar-refractivity contribution in [2.75, 3.05) is 0 Å². The van der Waals surface area contributed by atoms with Gasteiger partial charge in [-0.1, -0.05) is 20.8 Å². The summed E-state index contributed by atoms with van der Waals surface area (Å²) in [5, 5.41) is 12.9. The smallest absolute Gasteiger partial charge is 0.265 e. The molecule has 0 saturated carbocycles. The van der Waals surface area contributed by atoms with Gasteiger partial charge in [0.2, 0.25) is 4.77 Å². The van der Waals surface area contributed by atoms with Crippen LogP contribution in [0.2, 0.25) is 0 Å². The van der Waals surface area contributed by atoms with Gasteiger partial charge in [-0.05, 0) is 36.2 Å². The molecule has 0 saturated heterocycles. The highest BCUT2D eigenvalue weighted by atomic mass is 32.1. The van der Waals surface area contributed by atoms with Gasteiger partial charge in [0, 0.05) is 5.41 Å². The minimum atomic E-state index is -0.368. The Hall–Kier alpha value is -1.60. The Morgan fingerprint density at radius 3 is 2.75 bits per heavy atom. The molecule has 1 N–H and O–H groups in total. The Kier molecular flexibility index (Phi) is 4.01. The van der Waals surface area contributed by atoms with Gasteiger partial charge >= 0.3 is 0 Å². The van der Waals surface area contributed by atoms with E-state index in [2.05, 4.69) is 15.3 Å². The van der Waals surface area contributed by atoms with E-state index >= 15 is 0 Å². The zero-order valence-electron chi connectivity index (χ0n) is 11.8. The SMILES string of the molecule is Cc1ccsc1/C=N\n1c(=S)[nH]nc(C(C)(C)C)c1=O. The second kappa shape index (κ2) is 5.41. The molecule has 2 rings (SSSR count). The van der Waals surface area contributed by atoms with Crippen LogP contribution < -0.4 is 5.56 Å². The first-order valence-electron chi connectivity index (χ1n) is 6.11. The van der Waals surface area contributed by atoms with Crippen molar-refractivity contribution in [3.63, 3.8) is 0 Å². The molecule has 2 aromatic heterocycles. The van der Waals surface area contributed by atoms with Crippen LogP contribution in [0.3, 0.4) is 0 Å². The van der Waals surface area contributed by atoms with Gasteiger partial charge in [-0.15, -0.1) is 11.3 Å². The molecule has 0 spiro atoms. The summed E-state index contributed by atoms with van der Waals surface area (Å²) in [6, 6.07) is 2.00. The van der Waals surface area contributed by atoms with Gasteiger partial charge < -0.3 is 0 Å². The number of hydrogen-bond donors (Lipinski definition) is 1. The number of nitrogens with one attached hydrogen (secondary N) is 1. The number of hydrogen-bond acceptors (Lipinski definition) is 5. The molecule has 0 atom stereocenters. The van der Waals surface area contributed by atoms with Crippen molar-refractivity contribution >= 4 is 29.8 Å². The molecule has 0 unspecified atom stereocenters. The minimum Gasteiger partial charge on any atom is -0.265 e. The maximum atomic E-state index is 12.4. The predicted octanol–water partition coefficient (Wildman–Crippen LogP) is 2.85. The molecule has 0 radical (unpaired) electrons. The van der Waals surface area contributed by atoms with Crippen LogP contribution in [0.15, 0.2) is 21.3 Å². The Labute approximate surface area is 126 Å². The van der Waals surface area contributed by atoms with Crippen molar-refractivity contribution < 1.29 is 0 Å². The van der Waals surface area contributed by atoms with E-state index in [0.717, 1.165) is 10.4 Å². The van der Waals surface area contributed by atoms with Gasteiger partial charge in [0.1, 0.15) is 5.69 Å². The monoisotopic (exact) mass is 308 g/mol. The molecular formula is C13H16N4OS2. The third-order valence-corrected chi connectivity index (χ3v) is 3.97. The molecule has 2 aromatic rings. The first-order chi connectivity index (χ1) is 9.30. The fraction of sp³-hybridized carbons (Fsp3) is 0.385. The van der Waals surface area contributed by atoms with E-state index < -0.39 is 0 Å². The fourth-order valence-electron chi connectivity index (χ4n) is 1.61. The number of aromatic nitrogens is 3. The number of H-pyrrole nitrogens is 1. The standard InChI is InChI=1S/C13H16N4OS2/c1-8-5-6-20-9(8)7-14-17-11(18)10(13(2,3)4)15-16-12(17)19/h5-7H,1-4H3,(H,16,19)/b14-7-. The average Bonchev–Trinajstić information content (AvgIpc) is 2.73. The summed E-state index contributed by atoms with van der Waals surface area (Å²) in [4.78, 5) is 13.4. The topological polar surface area (TPSA) is 63.0 Å². The van der Waals surface area contributed by atoms with Crippen molar-refractivity contribution in [1.29, 1.82) is 0 Å². The molecule has 2 heterocycles. The van der Waals surface area contributed by atoms with Crippen LogP contribution in [0.5, 0.6) is 0 Å². The zero-order chi connectivity index (χ0) is 14.9. The Balaban J connectivity index is 2.53. The van der Waals surface area contributed by atoms with E-state index in [1.54, 1.807) is 17.6 Å². The predicted molar refractivity (Wildman–Crippen MR) is 84.4 cm³/mol. The van der Waals surface area contributed by atoms with Crippen LogP contribution in [-0.4, -0.2) is 21.1 Å². The molecule has 0 bridgehead atoms. The van der Waals surface area contributed by atoms with Crippen LogP contribution in [0, 0.1) is 11.7 Å². The summed E-state index contributed by atoms with van der Waals surface area (Å²) in [7, 11) is 0. The molecule has 0 amide bonds. The van der Waals surface area contributed by atoms with E-state index in [9.17, 15) is 4.79 Å². The Bertz CT molecular complexity index is 762. The van der Waals surface area contributed by atoms with E-state index in [1.165, 1.54) is 4.68 Å². The first kappa shape index (κ1) is 14.8. The minimum absolute atomic E-state index is 0.188. The van der Waals surface area contributed by atoms with Gasteiger partial charge in [-0.25, -0.2) is 0 Å². The van der Waals surface area contributed by atoms with Crippen LogP contribution in [0.25, 0.3) is 0 Å². The molecule has 0 aliphatic carbocycles. The average molecular weight is 308 g/mol. The van der Waals surface area contributed by atoms with Crippen molar-refractivity contribution in [2.24, 2.45) is 5.10 Å². The number of rotatable bonds is 2. The molecule has 5 nitrogen and oxygen atoms in total. The van der Waals surface area contributed by atoms with Crippen molar-refractivity contribution in [1.82, 2.24) is 14.9 Å². The van der Waals surface area contributed by atoms with Gasteiger partial charge in [0.25, 0.3) is 5.56 Å². The molecule has 20 heavy (non-hydrogen) atoms. The van der Waals surface area contributed by atoms with E-state index in [4.69, 9.17) is 12.2 Å². The van der Waals surface area contributed by atoms with Crippen LogP contribution in [0.4, 0.5) is 0 Å². The van der Waals surface area contributed by atoms with Crippen LogP contribution >= 0.6 is 23.6 Å². The third kappa shape index (κ3) is 2.94. The summed E-state index contributed by atoms with van der Waals surface area (Å²) < 4.78 is 1.37. The van der Waals surface area contributed by atoms with Crippen molar-refractivity contribution in [3.8, 4) is 0 Å². The van der Waals surface area contributed by atoms with Crippen molar-refractivity contribution in [2.45, 2.75) is 33.1 Å². The zero-order valence-corrected chi connectivity index (χ0v) is 13.4. The second-order valence-electron chi connectivity index (χ2n) is 5.46. The summed E-state index contributed by atoms with van der Waals surface area (Å²) in [6.07, 6.45) is 1.65. The summed E-state index contributed by atoms with van der Waals surface area (Å²) >= 11 is 6.65. The summed E-state index contributed by atoms with van der Waals surface area (Å²) in [6.45, 7) is 7.76. The van der Waals surface area contributed by atoms with Gasteiger partial charge in [-0.3, -0.25) is 9.89 Å². The largest absolute Gasteiger partial charge is 0.297 e. The van der Waals surface area contributed by atoms with E-state index in [0.29, 0.717) is 5.69 Å². The molecule has 0 aliphatic heterocycles. The number of aryl methyl sites for hydroxylation is 1. The van der Waals surface area contributed by atoms with E-state index in [-0.39, 0.29) is 15.7 Å². The Morgan fingerprint density at radius 2 is 2.20 bits per heavy atom. The molecule has 7 heteroatoms. The molecule has 0 aromatic carbocycles. The van der Waals surface area contributed by atoms with Crippen LogP contribution in [-0.2, 0) is 5.41 Å². The summed E-state index contributed by atoms with van der Waals surface area (Å²) in [5.41, 5.74) is 0.872. The Morgan fingerprint density at radius 1 is 1.50 bits per heavy atom.